The fourth-order valence-corrected chi connectivity index (χ4v) is 3.45. The number of hydrogen-bond acceptors (Lipinski definition) is 4. The molecular formula is C20H34IN3O3. The summed E-state index contributed by atoms with van der Waals surface area (Å²) in [4.78, 5) is 4.76. The first-order valence-corrected chi connectivity index (χ1v) is 10.1. The van der Waals surface area contributed by atoms with Crippen molar-refractivity contribution in [1.82, 2.24) is 10.6 Å². The van der Waals surface area contributed by atoms with Gasteiger partial charge in [0.2, 0.25) is 0 Å². The van der Waals surface area contributed by atoms with Crippen molar-refractivity contribution in [2.24, 2.45) is 10.9 Å². The highest BCUT2D eigenvalue weighted by molar-refractivity contribution is 14.0. The van der Waals surface area contributed by atoms with Crippen molar-refractivity contribution < 1.29 is 13.9 Å². The fraction of sp³-hybridized carbons (Fsp3) is 0.750. The SMILES string of the molecule is I.c1coc(CCNC(=NCC2CCOC2)NCCCC2CCCCO2)c1. The van der Waals surface area contributed by atoms with Gasteiger partial charge in [-0.3, -0.25) is 4.99 Å². The number of hydrogen-bond donors (Lipinski definition) is 2. The summed E-state index contributed by atoms with van der Waals surface area (Å²) < 4.78 is 16.6. The number of ether oxygens (including phenoxy) is 2. The number of rotatable bonds is 9. The Morgan fingerprint density at radius 2 is 2.07 bits per heavy atom. The number of guanidine groups is 1. The van der Waals surface area contributed by atoms with Crippen LogP contribution >= 0.6 is 24.0 Å². The first kappa shape index (κ1) is 22.5. The molecule has 3 heterocycles. The van der Waals surface area contributed by atoms with E-state index in [4.69, 9.17) is 18.9 Å². The average molecular weight is 491 g/mol. The van der Waals surface area contributed by atoms with E-state index in [1.54, 1.807) is 6.26 Å². The van der Waals surface area contributed by atoms with Gasteiger partial charge in [0.05, 0.1) is 19.0 Å². The second-order valence-electron chi connectivity index (χ2n) is 7.23. The second kappa shape index (κ2) is 13.4. The summed E-state index contributed by atoms with van der Waals surface area (Å²) in [7, 11) is 0. The van der Waals surface area contributed by atoms with Gasteiger partial charge in [0.15, 0.2) is 5.96 Å². The molecule has 0 spiro atoms. The van der Waals surface area contributed by atoms with Crippen molar-refractivity contribution in [3.8, 4) is 0 Å². The number of nitrogens with one attached hydrogen (secondary N) is 2. The lowest BCUT2D eigenvalue weighted by atomic mass is 10.0. The normalized spacial score (nSPS) is 23.0. The molecule has 27 heavy (non-hydrogen) atoms. The smallest absolute Gasteiger partial charge is 0.191 e. The van der Waals surface area contributed by atoms with Crippen LogP contribution in [-0.2, 0) is 15.9 Å². The largest absolute Gasteiger partial charge is 0.469 e. The van der Waals surface area contributed by atoms with Crippen LogP contribution < -0.4 is 10.6 Å². The first-order valence-electron chi connectivity index (χ1n) is 10.1. The Balaban J connectivity index is 0.00000261. The van der Waals surface area contributed by atoms with Gasteiger partial charge in [0.25, 0.3) is 0 Å². The maximum absolute atomic E-state index is 5.81. The molecule has 0 aliphatic carbocycles. The molecule has 0 bridgehead atoms. The Morgan fingerprint density at radius 1 is 1.15 bits per heavy atom. The molecule has 7 heteroatoms. The van der Waals surface area contributed by atoms with Gasteiger partial charge in [-0.2, -0.15) is 0 Å². The van der Waals surface area contributed by atoms with E-state index >= 15 is 0 Å². The first-order chi connectivity index (χ1) is 12.9. The molecule has 2 aliphatic heterocycles. The van der Waals surface area contributed by atoms with Crippen LogP contribution in [0.15, 0.2) is 27.8 Å². The van der Waals surface area contributed by atoms with Crippen LogP contribution in [0, 0.1) is 5.92 Å². The summed E-state index contributed by atoms with van der Waals surface area (Å²) in [6, 6.07) is 3.93. The lowest BCUT2D eigenvalue weighted by Gasteiger charge is -2.22. The van der Waals surface area contributed by atoms with E-state index in [0.29, 0.717) is 12.0 Å². The van der Waals surface area contributed by atoms with Gasteiger partial charge in [-0.05, 0) is 50.7 Å². The second-order valence-corrected chi connectivity index (χ2v) is 7.23. The third-order valence-electron chi connectivity index (χ3n) is 5.04. The minimum absolute atomic E-state index is 0. The van der Waals surface area contributed by atoms with Crippen LogP contribution in [0.25, 0.3) is 0 Å². The molecule has 0 amide bonds. The molecule has 0 saturated carbocycles. The maximum Gasteiger partial charge on any atom is 0.191 e. The molecule has 2 aliphatic rings. The fourth-order valence-electron chi connectivity index (χ4n) is 3.45. The van der Waals surface area contributed by atoms with E-state index in [1.165, 1.54) is 19.3 Å². The standard InChI is InChI=1S/C20H33N3O3.HI/c1-2-12-25-18(5-1)6-3-10-21-20(23-15-17-9-14-24-16-17)22-11-8-19-7-4-13-26-19;/h4,7,13,17-18H,1-3,5-6,8-12,14-16H2,(H2,21,22,23);1H. The molecule has 0 aromatic carbocycles. The molecule has 154 valence electrons. The summed E-state index contributed by atoms with van der Waals surface area (Å²) in [6.07, 6.45) is 10.1. The van der Waals surface area contributed by atoms with Crippen molar-refractivity contribution in [3.63, 3.8) is 0 Å². The van der Waals surface area contributed by atoms with Crippen LogP contribution in [0.4, 0.5) is 0 Å². The van der Waals surface area contributed by atoms with E-state index in [0.717, 1.165) is 76.9 Å². The molecular weight excluding hydrogens is 457 g/mol. The predicted octanol–water partition coefficient (Wildman–Crippen LogP) is 3.36. The summed E-state index contributed by atoms with van der Waals surface area (Å²) in [5.74, 6) is 2.44. The van der Waals surface area contributed by atoms with Gasteiger partial charge in [0.1, 0.15) is 5.76 Å². The van der Waals surface area contributed by atoms with E-state index in [9.17, 15) is 0 Å². The monoisotopic (exact) mass is 491 g/mol. The molecule has 1 aromatic heterocycles. The molecule has 2 fully saturated rings. The molecule has 6 nitrogen and oxygen atoms in total. The zero-order chi connectivity index (χ0) is 17.9. The van der Waals surface area contributed by atoms with Crippen LogP contribution in [0.2, 0.25) is 0 Å². The molecule has 2 N–H and O–H groups in total. The Kier molecular flexibility index (Phi) is 11.2. The molecule has 3 rings (SSSR count). The van der Waals surface area contributed by atoms with E-state index < -0.39 is 0 Å². The van der Waals surface area contributed by atoms with Crippen molar-refractivity contribution in [2.75, 3.05) is 39.5 Å². The highest BCUT2D eigenvalue weighted by atomic mass is 127. The lowest BCUT2D eigenvalue weighted by Crippen LogP contribution is -2.39. The average Bonchev–Trinajstić information content (AvgIpc) is 3.37. The van der Waals surface area contributed by atoms with Gasteiger partial charge in [0, 0.05) is 45.2 Å². The number of nitrogens with zero attached hydrogens (tertiary/aromatic N) is 1. The van der Waals surface area contributed by atoms with Crippen molar-refractivity contribution in [1.29, 1.82) is 0 Å². The Bertz CT molecular complexity index is 513. The molecule has 2 unspecified atom stereocenters. The lowest BCUT2D eigenvalue weighted by molar-refractivity contribution is 0.0104. The van der Waals surface area contributed by atoms with Crippen molar-refractivity contribution >= 4 is 29.9 Å². The Labute approximate surface area is 179 Å². The summed E-state index contributed by atoms with van der Waals surface area (Å²) in [5.41, 5.74) is 0. The Hall–Kier alpha value is -0.800. The third-order valence-corrected chi connectivity index (χ3v) is 5.04. The number of halogens is 1. The quantitative estimate of drug-likeness (QED) is 0.240. The van der Waals surface area contributed by atoms with Gasteiger partial charge in [-0.15, -0.1) is 24.0 Å². The van der Waals surface area contributed by atoms with Crippen LogP contribution in [0.3, 0.4) is 0 Å². The van der Waals surface area contributed by atoms with Gasteiger partial charge in [-0.1, -0.05) is 0 Å². The van der Waals surface area contributed by atoms with E-state index in [2.05, 4.69) is 10.6 Å². The minimum Gasteiger partial charge on any atom is -0.469 e. The van der Waals surface area contributed by atoms with E-state index in [1.807, 2.05) is 12.1 Å². The molecule has 1 aromatic rings. The maximum atomic E-state index is 5.81. The molecule has 2 atom stereocenters. The molecule has 2 saturated heterocycles. The van der Waals surface area contributed by atoms with E-state index in [-0.39, 0.29) is 24.0 Å². The Morgan fingerprint density at radius 3 is 2.81 bits per heavy atom. The highest BCUT2D eigenvalue weighted by Gasteiger charge is 2.15. The highest BCUT2D eigenvalue weighted by Crippen LogP contribution is 2.16. The van der Waals surface area contributed by atoms with Crippen LogP contribution in [0.5, 0.6) is 0 Å². The van der Waals surface area contributed by atoms with Gasteiger partial charge in [-0.25, -0.2) is 0 Å². The zero-order valence-corrected chi connectivity index (χ0v) is 18.5. The number of furan rings is 1. The number of aliphatic imine (C=N–C) groups is 1. The van der Waals surface area contributed by atoms with Crippen molar-refractivity contribution in [2.45, 2.75) is 51.0 Å². The summed E-state index contributed by atoms with van der Waals surface area (Å²) in [5, 5.41) is 6.90. The minimum atomic E-state index is 0. The van der Waals surface area contributed by atoms with Gasteiger partial charge < -0.3 is 24.5 Å². The summed E-state index contributed by atoms with van der Waals surface area (Å²) in [6.45, 7) is 5.20. The predicted molar refractivity (Wildman–Crippen MR) is 118 cm³/mol. The van der Waals surface area contributed by atoms with Crippen molar-refractivity contribution in [3.05, 3.63) is 24.2 Å². The topological polar surface area (TPSA) is 68.0 Å². The molecule has 0 radical (unpaired) electrons. The third kappa shape index (κ3) is 8.83. The van der Waals surface area contributed by atoms with Crippen LogP contribution in [-0.4, -0.2) is 51.5 Å². The summed E-state index contributed by atoms with van der Waals surface area (Å²) >= 11 is 0. The van der Waals surface area contributed by atoms with Gasteiger partial charge >= 0.3 is 0 Å². The van der Waals surface area contributed by atoms with Crippen LogP contribution in [0.1, 0.15) is 44.3 Å². The zero-order valence-electron chi connectivity index (χ0n) is 16.2.